The number of methoxy groups -OCH3 is 2. The van der Waals surface area contributed by atoms with Crippen molar-refractivity contribution in [1.82, 2.24) is 4.90 Å². The molecule has 0 N–H and O–H groups in total. The first-order chi connectivity index (χ1) is 15.2. The number of ether oxygens (including phenoxy) is 4. The second-order valence-electron chi connectivity index (χ2n) is 7.31. The summed E-state index contributed by atoms with van der Waals surface area (Å²) >= 11 is 1.72. The third kappa shape index (κ3) is 3.66. The van der Waals surface area contributed by atoms with Crippen LogP contribution in [0.5, 0.6) is 23.0 Å². The molecule has 158 valence electrons. The second kappa shape index (κ2) is 8.09. The number of carbonyl (C=O) groups is 1. The Morgan fingerprint density at radius 2 is 2.00 bits per heavy atom. The molecule has 5 rings (SSSR count). The maximum absolute atomic E-state index is 13.0. The van der Waals surface area contributed by atoms with Crippen LogP contribution < -0.4 is 18.9 Å². The van der Waals surface area contributed by atoms with Gasteiger partial charge >= 0.3 is 0 Å². The van der Waals surface area contributed by atoms with Crippen LogP contribution in [0, 0.1) is 0 Å². The van der Waals surface area contributed by atoms with E-state index in [0.717, 1.165) is 23.4 Å². The third-order valence-electron chi connectivity index (χ3n) is 5.35. The molecule has 2 aliphatic heterocycles. The Labute approximate surface area is 184 Å². The van der Waals surface area contributed by atoms with Crippen molar-refractivity contribution in [3.05, 3.63) is 75.2 Å². The van der Waals surface area contributed by atoms with Gasteiger partial charge in [-0.1, -0.05) is 12.1 Å². The van der Waals surface area contributed by atoms with Gasteiger partial charge in [-0.15, -0.1) is 11.3 Å². The summed E-state index contributed by atoms with van der Waals surface area (Å²) in [6, 6.07) is 13.3. The Morgan fingerprint density at radius 3 is 2.77 bits per heavy atom. The van der Waals surface area contributed by atoms with Crippen molar-refractivity contribution in [2.24, 2.45) is 0 Å². The van der Waals surface area contributed by atoms with Crippen LogP contribution in [0.15, 0.2) is 53.6 Å². The average Bonchev–Trinajstić information content (AvgIpc) is 3.42. The predicted molar refractivity (Wildman–Crippen MR) is 118 cm³/mol. The van der Waals surface area contributed by atoms with Gasteiger partial charge in [-0.25, -0.2) is 0 Å². The van der Waals surface area contributed by atoms with Gasteiger partial charge in [0.25, 0.3) is 0 Å². The summed E-state index contributed by atoms with van der Waals surface area (Å²) in [5.41, 5.74) is 2.26. The molecular weight excluding hydrogens is 414 g/mol. The van der Waals surface area contributed by atoms with Crippen LogP contribution in [0.4, 0.5) is 0 Å². The summed E-state index contributed by atoms with van der Waals surface area (Å²) in [4.78, 5) is 16.5. The molecular formula is C24H21NO5S. The Kier molecular flexibility index (Phi) is 5.13. The zero-order valence-corrected chi connectivity index (χ0v) is 18.0. The van der Waals surface area contributed by atoms with Crippen molar-refractivity contribution in [3.8, 4) is 23.0 Å². The largest absolute Gasteiger partial charge is 0.493 e. The van der Waals surface area contributed by atoms with Crippen molar-refractivity contribution in [3.63, 3.8) is 0 Å². The number of benzene rings is 2. The SMILES string of the molecule is COc1ccc(/C=C2\Oc3c(ccc4c3CN(Cc3cccs3)CO4)C2=O)cc1OC. The monoisotopic (exact) mass is 435 g/mol. The van der Waals surface area contributed by atoms with E-state index in [9.17, 15) is 4.79 Å². The molecule has 0 amide bonds. The first-order valence-electron chi connectivity index (χ1n) is 9.86. The predicted octanol–water partition coefficient (Wildman–Crippen LogP) is 4.73. The third-order valence-corrected chi connectivity index (χ3v) is 6.21. The van der Waals surface area contributed by atoms with Crippen LogP contribution in [-0.2, 0) is 13.1 Å². The lowest BCUT2D eigenvalue weighted by Crippen LogP contribution is -2.31. The molecule has 2 aliphatic rings. The van der Waals surface area contributed by atoms with Crippen molar-refractivity contribution in [1.29, 1.82) is 0 Å². The maximum Gasteiger partial charge on any atom is 0.231 e. The Balaban J connectivity index is 1.43. The van der Waals surface area contributed by atoms with Crippen molar-refractivity contribution < 1.29 is 23.7 Å². The minimum atomic E-state index is -0.136. The lowest BCUT2D eigenvalue weighted by molar-refractivity contribution is 0.0882. The normalized spacial score (nSPS) is 16.5. The fraction of sp³-hybridized carbons (Fsp3) is 0.208. The number of Topliss-reactive ketones (excluding diaryl/α,β-unsaturated/α-hetero) is 1. The zero-order chi connectivity index (χ0) is 21.4. The van der Waals surface area contributed by atoms with E-state index in [2.05, 4.69) is 16.3 Å². The fourth-order valence-electron chi connectivity index (χ4n) is 3.82. The summed E-state index contributed by atoms with van der Waals surface area (Å²) in [6.45, 7) is 1.96. The minimum absolute atomic E-state index is 0.136. The quantitative estimate of drug-likeness (QED) is 0.540. The highest BCUT2D eigenvalue weighted by Gasteiger charge is 2.33. The van der Waals surface area contributed by atoms with Gasteiger partial charge < -0.3 is 18.9 Å². The van der Waals surface area contributed by atoms with Crippen LogP contribution in [0.1, 0.15) is 26.4 Å². The Morgan fingerprint density at radius 1 is 1.13 bits per heavy atom. The lowest BCUT2D eigenvalue weighted by atomic mass is 10.0. The second-order valence-corrected chi connectivity index (χ2v) is 8.35. The van der Waals surface area contributed by atoms with Crippen LogP contribution >= 0.6 is 11.3 Å². The van der Waals surface area contributed by atoms with Crippen molar-refractivity contribution in [2.75, 3.05) is 21.0 Å². The van der Waals surface area contributed by atoms with E-state index < -0.39 is 0 Å². The number of hydrogen-bond acceptors (Lipinski definition) is 7. The van der Waals surface area contributed by atoms with Gasteiger partial charge in [0, 0.05) is 18.0 Å². The van der Waals surface area contributed by atoms with Crippen molar-refractivity contribution in [2.45, 2.75) is 13.1 Å². The van der Waals surface area contributed by atoms with Gasteiger partial charge in [0.15, 0.2) is 17.3 Å². The highest BCUT2D eigenvalue weighted by molar-refractivity contribution is 7.09. The molecule has 2 aromatic carbocycles. The van der Waals surface area contributed by atoms with E-state index in [4.69, 9.17) is 18.9 Å². The van der Waals surface area contributed by atoms with E-state index in [1.165, 1.54) is 4.88 Å². The van der Waals surface area contributed by atoms with Gasteiger partial charge in [-0.3, -0.25) is 9.69 Å². The number of rotatable bonds is 5. The van der Waals surface area contributed by atoms with Crippen LogP contribution in [-0.4, -0.2) is 31.6 Å². The molecule has 0 unspecified atom stereocenters. The number of nitrogens with zero attached hydrogens (tertiary/aromatic N) is 1. The first-order valence-corrected chi connectivity index (χ1v) is 10.7. The van der Waals surface area contributed by atoms with Gasteiger partial charge in [0.05, 0.1) is 25.3 Å². The highest BCUT2D eigenvalue weighted by atomic mass is 32.1. The molecule has 31 heavy (non-hydrogen) atoms. The number of carbonyl (C=O) groups excluding carboxylic acids is 1. The van der Waals surface area contributed by atoms with Crippen LogP contribution in [0.2, 0.25) is 0 Å². The van der Waals surface area contributed by atoms with E-state index in [-0.39, 0.29) is 11.5 Å². The molecule has 0 fully saturated rings. The number of fused-ring (bicyclic) bond motifs is 3. The summed E-state index contributed by atoms with van der Waals surface area (Å²) in [5, 5.41) is 2.07. The van der Waals surface area contributed by atoms with E-state index in [1.54, 1.807) is 43.8 Å². The van der Waals surface area contributed by atoms with Gasteiger partial charge in [0.2, 0.25) is 5.78 Å². The maximum atomic E-state index is 13.0. The highest BCUT2D eigenvalue weighted by Crippen LogP contribution is 2.42. The molecule has 3 aromatic rings. The molecule has 7 heteroatoms. The molecule has 0 spiro atoms. The number of thiophene rings is 1. The summed E-state index contributed by atoms with van der Waals surface area (Å²) in [6.07, 6.45) is 1.73. The van der Waals surface area contributed by atoms with Crippen molar-refractivity contribution >= 4 is 23.2 Å². The molecule has 0 radical (unpaired) electrons. The minimum Gasteiger partial charge on any atom is -0.493 e. The summed E-state index contributed by atoms with van der Waals surface area (Å²) < 4.78 is 22.7. The van der Waals surface area contributed by atoms with E-state index >= 15 is 0 Å². The first kappa shape index (κ1) is 19.7. The molecule has 1 aromatic heterocycles. The molecule has 0 atom stereocenters. The molecule has 0 bridgehead atoms. The van der Waals surface area contributed by atoms with Gasteiger partial charge in [-0.05, 0) is 47.4 Å². The summed E-state index contributed by atoms with van der Waals surface area (Å²) in [7, 11) is 3.17. The number of ketones is 1. The number of hydrogen-bond donors (Lipinski definition) is 0. The van der Waals surface area contributed by atoms with Gasteiger partial charge in [0.1, 0.15) is 18.2 Å². The van der Waals surface area contributed by atoms with Crippen LogP contribution in [0.3, 0.4) is 0 Å². The zero-order valence-electron chi connectivity index (χ0n) is 17.2. The molecule has 0 saturated carbocycles. The summed E-state index contributed by atoms with van der Waals surface area (Å²) in [5.74, 6) is 2.72. The Hall–Kier alpha value is -3.29. The standard InChI is InChI=1S/C24H21NO5S/c1-27-20-7-5-15(10-21(20)28-2)11-22-23(26)17-6-8-19-18(24(17)30-22)13-25(14-29-19)12-16-4-3-9-31-16/h3-11H,12-14H2,1-2H3/b22-11-. The van der Waals surface area contributed by atoms with Gasteiger partial charge in [-0.2, -0.15) is 0 Å². The molecule has 0 aliphatic carbocycles. The van der Waals surface area contributed by atoms with E-state index in [1.807, 2.05) is 24.3 Å². The molecule has 0 saturated heterocycles. The smallest absolute Gasteiger partial charge is 0.231 e. The molecule has 3 heterocycles. The fourth-order valence-corrected chi connectivity index (χ4v) is 4.57. The number of allylic oxidation sites excluding steroid dienone is 1. The van der Waals surface area contributed by atoms with Crippen LogP contribution in [0.25, 0.3) is 6.08 Å². The Bertz CT molecular complexity index is 1170. The topological polar surface area (TPSA) is 57.2 Å². The molecule has 6 nitrogen and oxygen atoms in total. The lowest BCUT2D eigenvalue weighted by Gasteiger charge is -2.29. The van der Waals surface area contributed by atoms with E-state index in [0.29, 0.717) is 36.1 Å². The average molecular weight is 436 g/mol.